The third kappa shape index (κ3) is 10.0. The Balaban J connectivity index is 2.86. The monoisotopic (exact) mass is 285 g/mol. The lowest BCUT2D eigenvalue weighted by Gasteiger charge is -2.00. The fraction of sp³-hybridized carbons (Fsp3) is 0.875. The number of carbonyl (C=O) groups excluding carboxylic acids is 1. The summed E-state index contributed by atoms with van der Waals surface area (Å²) in [6.45, 7) is 0.472. The molecule has 2 N–H and O–H groups in total. The number of nitrogens with two attached hydrogens (primary N) is 1. The minimum absolute atomic E-state index is 0.472. The van der Waals surface area contributed by atoms with Crippen molar-refractivity contribution in [1.82, 2.24) is 0 Å². The molecule has 1 amide bonds. The molecule has 12 heavy (non-hydrogen) atoms. The van der Waals surface area contributed by atoms with Crippen molar-refractivity contribution in [3.63, 3.8) is 0 Å². The van der Waals surface area contributed by atoms with Crippen LogP contribution in [0.15, 0.2) is 0 Å². The molecule has 0 atom stereocenters. The highest BCUT2D eigenvalue weighted by Gasteiger charge is 1.93. The molecule has 0 radical (unpaired) electrons. The number of unbranched alkanes of at least 4 members (excludes halogenated alkanes) is 4. The first-order valence-corrected chi connectivity index (χ1v) is 5.78. The Labute approximate surface area is 87.2 Å². The van der Waals surface area contributed by atoms with Crippen molar-refractivity contribution >= 4 is 28.7 Å². The van der Waals surface area contributed by atoms with Crippen LogP contribution in [0.2, 0.25) is 0 Å². The molecule has 0 aliphatic carbocycles. The van der Waals surface area contributed by atoms with Gasteiger partial charge in [-0.1, -0.05) is 41.9 Å². The van der Waals surface area contributed by atoms with Gasteiger partial charge in [-0.3, -0.25) is 0 Å². The van der Waals surface area contributed by atoms with Gasteiger partial charge < -0.3 is 10.5 Å². The molecular weight excluding hydrogens is 269 g/mol. The highest BCUT2D eigenvalue weighted by molar-refractivity contribution is 14.1. The van der Waals surface area contributed by atoms with Gasteiger partial charge in [0.25, 0.3) is 0 Å². The number of ether oxygens (including phenoxy) is 1. The number of hydrogen-bond donors (Lipinski definition) is 1. The van der Waals surface area contributed by atoms with E-state index in [0.717, 1.165) is 12.8 Å². The highest BCUT2D eigenvalue weighted by atomic mass is 127. The molecule has 0 rings (SSSR count). The minimum atomic E-state index is -0.665. The molecule has 0 unspecified atom stereocenters. The molecule has 0 aliphatic heterocycles. The highest BCUT2D eigenvalue weighted by Crippen LogP contribution is 2.04. The van der Waals surface area contributed by atoms with E-state index in [1.54, 1.807) is 0 Å². The predicted molar refractivity (Wildman–Crippen MR) is 57.5 cm³/mol. The van der Waals surface area contributed by atoms with Crippen LogP contribution >= 0.6 is 22.6 Å². The zero-order valence-electron chi connectivity index (χ0n) is 7.22. The number of amides is 1. The van der Waals surface area contributed by atoms with Crippen LogP contribution < -0.4 is 5.73 Å². The summed E-state index contributed by atoms with van der Waals surface area (Å²) < 4.78 is 5.82. The van der Waals surface area contributed by atoms with Crippen LogP contribution in [-0.4, -0.2) is 17.1 Å². The first-order chi connectivity index (χ1) is 5.77. The Kier molecular flexibility index (Phi) is 9.09. The van der Waals surface area contributed by atoms with Gasteiger partial charge in [0.1, 0.15) is 0 Å². The lowest BCUT2D eigenvalue weighted by molar-refractivity contribution is 0.154. The summed E-state index contributed by atoms with van der Waals surface area (Å²) in [5.74, 6) is 0. The maximum atomic E-state index is 10.1. The first kappa shape index (κ1) is 12.0. The number of primary amides is 1. The molecule has 3 nitrogen and oxygen atoms in total. The summed E-state index contributed by atoms with van der Waals surface area (Å²) in [4.78, 5) is 10.1. The molecule has 0 saturated carbocycles. The van der Waals surface area contributed by atoms with Crippen LogP contribution in [0, 0.1) is 0 Å². The molecule has 72 valence electrons. The molecule has 0 aromatic carbocycles. The van der Waals surface area contributed by atoms with Gasteiger partial charge in [0.2, 0.25) is 0 Å². The zero-order valence-corrected chi connectivity index (χ0v) is 9.38. The van der Waals surface area contributed by atoms with Crippen LogP contribution in [0.5, 0.6) is 0 Å². The first-order valence-electron chi connectivity index (χ1n) is 4.25. The molecule has 0 aliphatic rings. The number of halogens is 1. The molecule has 0 bridgehead atoms. The second-order valence-corrected chi connectivity index (χ2v) is 3.70. The van der Waals surface area contributed by atoms with Crippen molar-refractivity contribution < 1.29 is 9.53 Å². The van der Waals surface area contributed by atoms with Crippen LogP contribution in [0.25, 0.3) is 0 Å². The van der Waals surface area contributed by atoms with Gasteiger partial charge in [0, 0.05) is 0 Å². The van der Waals surface area contributed by atoms with E-state index >= 15 is 0 Å². The number of alkyl halides is 1. The van der Waals surface area contributed by atoms with Gasteiger partial charge in [-0.2, -0.15) is 0 Å². The van der Waals surface area contributed by atoms with E-state index < -0.39 is 6.09 Å². The Hall–Kier alpha value is 0. The van der Waals surface area contributed by atoms with Crippen molar-refractivity contribution in [3.8, 4) is 0 Å². The van der Waals surface area contributed by atoms with Crippen molar-refractivity contribution in [2.75, 3.05) is 11.0 Å². The topological polar surface area (TPSA) is 52.3 Å². The van der Waals surface area contributed by atoms with Gasteiger partial charge in [0.05, 0.1) is 6.61 Å². The smallest absolute Gasteiger partial charge is 0.404 e. The van der Waals surface area contributed by atoms with E-state index in [1.807, 2.05) is 0 Å². The van der Waals surface area contributed by atoms with Crippen molar-refractivity contribution in [3.05, 3.63) is 0 Å². The molecular formula is C8H16INO2. The zero-order chi connectivity index (χ0) is 9.23. The average molecular weight is 285 g/mol. The summed E-state index contributed by atoms with van der Waals surface area (Å²) >= 11 is 2.38. The molecule has 0 aromatic rings. The maximum absolute atomic E-state index is 10.1. The molecule has 0 spiro atoms. The van der Waals surface area contributed by atoms with Crippen molar-refractivity contribution in [1.29, 1.82) is 0 Å². The van der Waals surface area contributed by atoms with E-state index in [2.05, 4.69) is 27.3 Å². The summed E-state index contributed by atoms with van der Waals surface area (Å²) in [6.07, 6.45) is 5.19. The maximum Gasteiger partial charge on any atom is 0.404 e. The fourth-order valence-corrected chi connectivity index (χ4v) is 1.44. The van der Waals surface area contributed by atoms with Gasteiger partial charge >= 0.3 is 6.09 Å². The van der Waals surface area contributed by atoms with Gasteiger partial charge in [-0.25, -0.2) is 4.79 Å². The standard InChI is InChI=1S/C8H16INO2/c9-6-4-2-1-3-5-7-12-8(10)11/h1-7H2,(H2,10,11). The number of rotatable bonds is 7. The van der Waals surface area contributed by atoms with Crippen LogP contribution in [0.3, 0.4) is 0 Å². The van der Waals surface area contributed by atoms with Crippen molar-refractivity contribution in [2.24, 2.45) is 5.73 Å². The molecule has 0 aromatic heterocycles. The fourth-order valence-electron chi connectivity index (χ4n) is 0.900. The minimum Gasteiger partial charge on any atom is -0.450 e. The van der Waals surface area contributed by atoms with E-state index in [-0.39, 0.29) is 0 Å². The summed E-state index contributed by atoms with van der Waals surface area (Å²) in [7, 11) is 0. The quantitative estimate of drug-likeness (QED) is 0.444. The van der Waals surface area contributed by atoms with Gasteiger partial charge in [-0.05, 0) is 17.3 Å². The Bertz CT molecular complexity index is 120. The second-order valence-electron chi connectivity index (χ2n) is 2.62. The number of carbonyl (C=O) groups is 1. The molecule has 0 fully saturated rings. The van der Waals surface area contributed by atoms with Gasteiger partial charge in [0.15, 0.2) is 0 Å². The Morgan fingerprint density at radius 2 is 1.75 bits per heavy atom. The molecule has 4 heteroatoms. The molecule has 0 heterocycles. The largest absolute Gasteiger partial charge is 0.450 e. The predicted octanol–water partition coefficient (Wildman–Crippen LogP) is 2.47. The van der Waals surface area contributed by atoms with Crippen LogP contribution in [0.4, 0.5) is 4.79 Å². The Morgan fingerprint density at radius 1 is 1.17 bits per heavy atom. The third-order valence-corrected chi connectivity index (χ3v) is 2.29. The third-order valence-electron chi connectivity index (χ3n) is 1.52. The van der Waals surface area contributed by atoms with E-state index in [0.29, 0.717) is 6.61 Å². The lowest BCUT2D eigenvalue weighted by atomic mass is 10.2. The summed E-state index contributed by atoms with van der Waals surface area (Å²) in [6, 6.07) is 0. The normalized spacial score (nSPS) is 9.75. The lowest BCUT2D eigenvalue weighted by Crippen LogP contribution is -2.13. The van der Waals surface area contributed by atoms with E-state index in [1.165, 1.54) is 23.7 Å². The van der Waals surface area contributed by atoms with Crippen molar-refractivity contribution in [2.45, 2.75) is 32.1 Å². The second kappa shape index (κ2) is 9.09. The summed E-state index contributed by atoms with van der Waals surface area (Å²) in [5, 5.41) is 0. The summed E-state index contributed by atoms with van der Waals surface area (Å²) in [5.41, 5.74) is 4.79. The van der Waals surface area contributed by atoms with E-state index in [9.17, 15) is 4.79 Å². The molecule has 0 saturated heterocycles. The SMILES string of the molecule is NC(=O)OCCCCCCCI. The van der Waals surface area contributed by atoms with Crippen LogP contribution in [-0.2, 0) is 4.74 Å². The van der Waals surface area contributed by atoms with Gasteiger partial charge in [-0.15, -0.1) is 0 Å². The van der Waals surface area contributed by atoms with E-state index in [4.69, 9.17) is 5.73 Å². The Morgan fingerprint density at radius 3 is 2.33 bits per heavy atom. The average Bonchev–Trinajstić information content (AvgIpc) is 2.02. The number of hydrogen-bond acceptors (Lipinski definition) is 2. The van der Waals surface area contributed by atoms with Crippen LogP contribution in [0.1, 0.15) is 32.1 Å².